The molecule has 0 bridgehead atoms. The Labute approximate surface area is 276 Å². The number of aromatic nitrogens is 2. The molecule has 4 aromatic rings. The van der Waals surface area contributed by atoms with Crippen LogP contribution in [-0.2, 0) is 22.4 Å². The number of piperazine rings is 2. The molecule has 12 heteroatoms. The van der Waals surface area contributed by atoms with Crippen LogP contribution >= 0.6 is 45.9 Å². The maximum absolute atomic E-state index is 12.3. The van der Waals surface area contributed by atoms with Gasteiger partial charge in [-0.15, -0.1) is 22.7 Å². The van der Waals surface area contributed by atoms with E-state index in [4.69, 9.17) is 23.2 Å². The SMILES string of the molecule is O=C(CCc1cccc(Cl)c1)N1CCN(c2nccs2)CC1.O=C(CCc1cccc(Cl)c1)N1CCN(c2nccs2)CC1. The van der Waals surface area contributed by atoms with Crippen molar-refractivity contribution in [2.24, 2.45) is 0 Å². The van der Waals surface area contributed by atoms with Crippen molar-refractivity contribution in [2.75, 3.05) is 62.2 Å². The number of anilines is 2. The molecule has 2 aromatic carbocycles. The lowest BCUT2D eigenvalue weighted by molar-refractivity contribution is -0.132. The van der Waals surface area contributed by atoms with Gasteiger partial charge in [0.1, 0.15) is 0 Å². The predicted octanol–water partition coefficient (Wildman–Crippen LogP) is 6.16. The molecule has 232 valence electrons. The number of carbonyl (C=O) groups is 2. The summed E-state index contributed by atoms with van der Waals surface area (Å²) in [6.45, 7) is 6.52. The van der Waals surface area contributed by atoms with Crippen molar-refractivity contribution in [3.05, 3.63) is 92.9 Å². The molecule has 2 aromatic heterocycles. The van der Waals surface area contributed by atoms with Crippen molar-refractivity contribution in [1.82, 2.24) is 19.8 Å². The molecule has 2 aliphatic rings. The molecule has 2 fully saturated rings. The Kier molecular flexibility index (Phi) is 11.9. The normalized spacial score (nSPS) is 15.1. The second-order valence-corrected chi connectivity index (χ2v) is 13.2. The summed E-state index contributed by atoms with van der Waals surface area (Å²) in [6.07, 6.45) is 6.21. The van der Waals surface area contributed by atoms with Crippen LogP contribution in [0.1, 0.15) is 24.0 Å². The van der Waals surface area contributed by atoms with E-state index < -0.39 is 0 Å². The smallest absolute Gasteiger partial charge is 0.223 e. The molecule has 0 atom stereocenters. The molecule has 0 unspecified atom stereocenters. The van der Waals surface area contributed by atoms with Gasteiger partial charge in [0.15, 0.2) is 10.3 Å². The predicted molar refractivity (Wildman–Crippen MR) is 181 cm³/mol. The number of hydrogen-bond acceptors (Lipinski definition) is 8. The van der Waals surface area contributed by atoms with Gasteiger partial charge in [-0.3, -0.25) is 9.59 Å². The van der Waals surface area contributed by atoms with Crippen LogP contribution in [-0.4, -0.2) is 83.9 Å². The van der Waals surface area contributed by atoms with Crippen LogP contribution in [0.3, 0.4) is 0 Å². The van der Waals surface area contributed by atoms with E-state index in [2.05, 4.69) is 19.8 Å². The lowest BCUT2D eigenvalue weighted by Crippen LogP contribution is -2.48. The van der Waals surface area contributed by atoms with Crippen molar-refractivity contribution in [3.63, 3.8) is 0 Å². The number of carbonyl (C=O) groups excluding carboxylic acids is 2. The fraction of sp³-hybridized carbons (Fsp3) is 0.375. The summed E-state index contributed by atoms with van der Waals surface area (Å²) < 4.78 is 0. The fourth-order valence-corrected chi connectivity index (χ4v) is 7.06. The first-order valence-corrected chi connectivity index (χ1v) is 17.3. The van der Waals surface area contributed by atoms with Crippen LogP contribution in [0.5, 0.6) is 0 Å². The highest BCUT2D eigenvalue weighted by atomic mass is 35.5. The van der Waals surface area contributed by atoms with Gasteiger partial charge in [-0.25, -0.2) is 9.97 Å². The third-order valence-electron chi connectivity index (χ3n) is 7.68. The van der Waals surface area contributed by atoms with E-state index in [1.54, 1.807) is 22.7 Å². The number of amides is 2. The maximum Gasteiger partial charge on any atom is 0.223 e. The minimum absolute atomic E-state index is 0.221. The molecule has 0 spiro atoms. The first-order chi connectivity index (χ1) is 21.4. The standard InChI is InChI=1S/2C16H18ClN3OS/c2*17-14-3-1-2-13(12-14)4-5-15(21)19-7-9-20(10-8-19)16-18-6-11-22-16/h2*1-3,6,11-12H,4-5,7-10H2. The minimum Gasteiger partial charge on any atom is -0.345 e. The van der Waals surface area contributed by atoms with Gasteiger partial charge in [0.05, 0.1) is 0 Å². The maximum atomic E-state index is 12.3. The average Bonchev–Trinajstić information content (AvgIpc) is 3.79. The molecule has 2 amide bonds. The van der Waals surface area contributed by atoms with Gasteiger partial charge in [-0.2, -0.15) is 0 Å². The number of hydrogen-bond donors (Lipinski definition) is 0. The molecule has 4 heterocycles. The van der Waals surface area contributed by atoms with Gasteiger partial charge in [-0.1, -0.05) is 47.5 Å². The zero-order valence-corrected chi connectivity index (χ0v) is 27.6. The number of halogens is 2. The van der Waals surface area contributed by atoms with E-state index in [0.717, 1.165) is 96.6 Å². The van der Waals surface area contributed by atoms with Crippen molar-refractivity contribution < 1.29 is 9.59 Å². The molecule has 0 N–H and O–H groups in total. The zero-order valence-electron chi connectivity index (χ0n) is 24.5. The third-order valence-corrected chi connectivity index (χ3v) is 9.81. The molecule has 8 nitrogen and oxygen atoms in total. The third kappa shape index (κ3) is 9.41. The summed E-state index contributed by atoms with van der Waals surface area (Å²) in [5, 5.41) is 7.51. The van der Waals surface area contributed by atoms with E-state index in [9.17, 15) is 9.59 Å². The van der Waals surface area contributed by atoms with Gasteiger partial charge in [0.25, 0.3) is 0 Å². The molecule has 44 heavy (non-hydrogen) atoms. The topological polar surface area (TPSA) is 72.9 Å². The van der Waals surface area contributed by atoms with Crippen LogP contribution in [0.4, 0.5) is 10.3 Å². The van der Waals surface area contributed by atoms with Crippen LogP contribution in [0.15, 0.2) is 71.7 Å². The lowest BCUT2D eigenvalue weighted by Gasteiger charge is -2.34. The number of rotatable bonds is 8. The van der Waals surface area contributed by atoms with E-state index in [1.807, 2.05) is 81.5 Å². The zero-order chi connectivity index (χ0) is 30.7. The van der Waals surface area contributed by atoms with Gasteiger partial charge < -0.3 is 19.6 Å². The molecular weight excluding hydrogens is 635 g/mol. The quantitative estimate of drug-likeness (QED) is 0.224. The summed E-state index contributed by atoms with van der Waals surface area (Å²) in [6, 6.07) is 15.4. The van der Waals surface area contributed by atoms with Crippen molar-refractivity contribution >= 4 is 68.0 Å². The minimum atomic E-state index is 0.221. The largest absolute Gasteiger partial charge is 0.345 e. The van der Waals surface area contributed by atoms with Gasteiger partial charge in [-0.05, 0) is 48.2 Å². The second kappa shape index (κ2) is 16.2. The van der Waals surface area contributed by atoms with Crippen LogP contribution in [0.2, 0.25) is 10.0 Å². The van der Waals surface area contributed by atoms with Crippen LogP contribution < -0.4 is 9.80 Å². The lowest BCUT2D eigenvalue weighted by atomic mass is 10.1. The highest BCUT2D eigenvalue weighted by Crippen LogP contribution is 2.21. The highest BCUT2D eigenvalue weighted by Gasteiger charge is 2.23. The molecule has 6 rings (SSSR count). The van der Waals surface area contributed by atoms with Crippen LogP contribution in [0, 0.1) is 0 Å². The number of benzene rings is 2. The molecule has 2 aliphatic heterocycles. The number of nitrogens with zero attached hydrogens (tertiary/aromatic N) is 6. The molecule has 0 radical (unpaired) electrons. The summed E-state index contributed by atoms with van der Waals surface area (Å²) in [5.41, 5.74) is 2.23. The molecule has 0 saturated carbocycles. The second-order valence-electron chi connectivity index (χ2n) is 10.6. The summed E-state index contributed by atoms with van der Waals surface area (Å²) in [5.74, 6) is 0.442. The number of aryl methyl sites for hydroxylation is 2. The first kappa shape index (κ1) is 32.2. The van der Waals surface area contributed by atoms with Gasteiger partial charge in [0, 0.05) is 98.4 Å². The molecule has 2 saturated heterocycles. The average molecular weight is 672 g/mol. The number of thiazole rings is 2. The Morgan fingerprint density at radius 3 is 1.39 bits per heavy atom. The van der Waals surface area contributed by atoms with E-state index >= 15 is 0 Å². The molecular formula is C32H36Cl2N6O2S2. The van der Waals surface area contributed by atoms with E-state index in [-0.39, 0.29) is 11.8 Å². The Morgan fingerprint density at radius 2 is 1.05 bits per heavy atom. The monoisotopic (exact) mass is 670 g/mol. The van der Waals surface area contributed by atoms with Crippen LogP contribution in [0.25, 0.3) is 0 Å². The summed E-state index contributed by atoms with van der Waals surface area (Å²) in [7, 11) is 0. The Hall–Kier alpha value is -3.18. The fourth-order valence-electron chi connectivity index (χ4n) is 5.24. The Morgan fingerprint density at radius 1 is 0.636 bits per heavy atom. The van der Waals surface area contributed by atoms with Crippen molar-refractivity contribution in [1.29, 1.82) is 0 Å². The molecule has 0 aliphatic carbocycles. The van der Waals surface area contributed by atoms with Gasteiger partial charge >= 0.3 is 0 Å². The van der Waals surface area contributed by atoms with E-state index in [1.165, 1.54) is 0 Å². The van der Waals surface area contributed by atoms with Crippen molar-refractivity contribution in [3.8, 4) is 0 Å². The van der Waals surface area contributed by atoms with Crippen molar-refractivity contribution in [2.45, 2.75) is 25.7 Å². The van der Waals surface area contributed by atoms with Gasteiger partial charge in [0.2, 0.25) is 11.8 Å². The van der Waals surface area contributed by atoms with E-state index in [0.29, 0.717) is 12.8 Å². The highest BCUT2D eigenvalue weighted by molar-refractivity contribution is 7.13. The summed E-state index contributed by atoms with van der Waals surface area (Å²) >= 11 is 15.2. The summed E-state index contributed by atoms with van der Waals surface area (Å²) in [4.78, 5) is 41.7. The first-order valence-electron chi connectivity index (χ1n) is 14.8. The Bertz CT molecular complexity index is 1360. The Balaban J connectivity index is 0.000000175.